The van der Waals surface area contributed by atoms with Crippen LogP contribution in [0.25, 0.3) is 10.9 Å². The zero-order chi connectivity index (χ0) is 11.1. The van der Waals surface area contributed by atoms with Crippen LogP contribution in [0.5, 0.6) is 0 Å². The Kier molecular flexibility index (Phi) is 2.25. The number of nitrogens with two attached hydrogens (primary N) is 1. The Morgan fingerprint density at radius 1 is 1.38 bits per heavy atom. The molecule has 1 fully saturated rings. The number of rotatable bonds is 3. The number of fused-ring (bicyclic) bond motifs is 1. The van der Waals surface area contributed by atoms with Gasteiger partial charge in [0.15, 0.2) is 0 Å². The molecule has 84 valence electrons. The highest BCUT2D eigenvalue weighted by molar-refractivity contribution is 5.84. The molecule has 0 aliphatic heterocycles. The minimum atomic E-state index is 0.207. The Bertz CT molecular complexity index is 508. The molecule has 2 nitrogen and oxygen atoms in total. The molecular formula is C14H18N2. The first kappa shape index (κ1) is 9.91. The fourth-order valence-electron chi connectivity index (χ4n) is 2.51. The highest BCUT2D eigenvalue weighted by Gasteiger charge is 2.25. The Hall–Kier alpha value is -1.28. The van der Waals surface area contributed by atoms with Gasteiger partial charge in [0.25, 0.3) is 0 Å². The standard InChI is InChI=1S/C14H18N2/c1-16-9-12(13(15)8-10-6-7-10)11-4-2-3-5-14(11)16/h2-5,9-10,13H,6-8,15H2,1H3/t13-/m0/s1. The van der Waals surface area contributed by atoms with E-state index >= 15 is 0 Å². The van der Waals surface area contributed by atoms with Gasteiger partial charge in [-0.3, -0.25) is 0 Å². The zero-order valence-corrected chi connectivity index (χ0v) is 9.69. The summed E-state index contributed by atoms with van der Waals surface area (Å²) in [6, 6.07) is 8.72. The average molecular weight is 214 g/mol. The summed E-state index contributed by atoms with van der Waals surface area (Å²) in [5, 5.41) is 1.32. The van der Waals surface area contributed by atoms with Crippen LogP contribution in [0.2, 0.25) is 0 Å². The molecule has 2 heteroatoms. The maximum absolute atomic E-state index is 6.30. The third kappa shape index (κ3) is 1.63. The van der Waals surface area contributed by atoms with E-state index in [1.807, 2.05) is 0 Å². The van der Waals surface area contributed by atoms with Crippen LogP contribution in [-0.2, 0) is 7.05 Å². The van der Waals surface area contributed by atoms with Crippen LogP contribution in [0.4, 0.5) is 0 Å². The first-order chi connectivity index (χ1) is 7.75. The highest BCUT2D eigenvalue weighted by atomic mass is 14.9. The van der Waals surface area contributed by atoms with Gasteiger partial charge in [0.05, 0.1) is 0 Å². The van der Waals surface area contributed by atoms with E-state index < -0.39 is 0 Å². The summed E-state index contributed by atoms with van der Waals surface area (Å²) in [6.45, 7) is 0. The molecule has 1 atom stereocenters. The smallest absolute Gasteiger partial charge is 0.0481 e. The molecule has 1 aliphatic carbocycles. The maximum Gasteiger partial charge on any atom is 0.0481 e. The van der Waals surface area contributed by atoms with Crippen LogP contribution in [-0.4, -0.2) is 4.57 Å². The van der Waals surface area contributed by atoms with Gasteiger partial charge in [-0.2, -0.15) is 0 Å². The Morgan fingerprint density at radius 2 is 2.12 bits per heavy atom. The van der Waals surface area contributed by atoms with Crippen molar-refractivity contribution in [2.45, 2.75) is 25.3 Å². The molecule has 1 heterocycles. The lowest BCUT2D eigenvalue weighted by Crippen LogP contribution is -2.10. The average Bonchev–Trinajstić information content (AvgIpc) is 3.03. The molecule has 2 aromatic rings. The molecule has 2 N–H and O–H groups in total. The largest absolute Gasteiger partial charge is 0.350 e. The van der Waals surface area contributed by atoms with Gasteiger partial charge in [-0.05, 0) is 24.0 Å². The molecule has 1 saturated carbocycles. The van der Waals surface area contributed by atoms with E-state index in [1.165, 1.54) is 29.3 Å². The van der Waals surface area contributed by atoms with Gasteiger partial charge in [-0.1, -0.05) is 31.0 Å². The Labute approximate surface area is 96.1 Å². The molecule has 3 rings (SSSR count). The van der Waals surface area contributed by atoms with Crippen molar-refractivity contribution in [3.05, 3.63) is 36.0 Å². The summed E-state index contributed by atoms with van der Waals surface area (Å²) in [4.78, 5) is 0. The van der Waals surface area contributed by atoms with Crippen molar-refractivity contribution in [2.24, 2.45) is 18.7 Å². The first-order valence-corrected chi connectivity index (χ1v) is 6.05. The van der Waals surface area contributed by atoms with Crippen LogP contribution >= 0.6 is 0 Å². The van der Waals surface area contributed by atoms with Gasteiger partial charge in [0.1, 0.15) is 0 Å². The maximum atomic E-state index is 6.30. The van der Waals surface area contributed by atoms with E-state index in [9.17, 15) is 0 Å². The van der Waals surface area contributed by atoms with Gasteiger partial charge in [0, 0.05) is 30.2 Å². The minimum absolute atomic E-state index is 0.207. The van der Waals surface area contributed by atoms with E-state index in [0.717, 1.165) is 12.3 Å². The number of hydrogen-bond donors (Lipinski definition) is 1. The molecule has 0 amide bonds. The van der Waals surface area contributed by atoms with Crippen molar-refractivity contribution in [3.8, 4) is 0 Å². The highest BCUT2D eigenvalue weighted by Crippen LogP contribution is 2.38. The Morgan fingerprint density at radius 3 is 2.88 bits per heavy atom. The quantitative estimate of drug-likeness (QED) is 0.836. The van der Waals surface area contributed by atoms with Crippen molar-refractivity contribution in [1.82, 2.24) is 4.57 Å². The van der Waals surface area contributed by atoms with E-state index in [0.29, 0.717) is 0 Å². The fraction of sp³-hybridized carbons (Fsp3) is 0.429. The molecule has 0 bridgehead atoms. The molecule has 0 spiro atoms. The normalized spacial score (nSPS) is 17.9. The number of aryl methyl sites for hydroxylation is 1. The monoisotopic (exact) mass is 214 g/mol. The molecule has 1 aromatic heterocycles. The topological polar surface area (TPSA) is 30.9 Å². The molecule has 0 radical (unpaired) electrons. The molecule has 0 unspecified atom stereocenters. The van der Waals surface area contributed by atoms with Crippen LogP contribution in [0.1, 0.15) is 30.9 Å². The van der Waals surface area contributed by atoms with Gasteiger partial charge in [-0.25, -0.2) is 0 Å². The summed E-state index contributed by atoms with van der Waals surface area (Å²) >= 11 is 0. The van der Waals surface area contributed by atoms with Crippen molar-refractivity contribution in [3.63, 3.8) is 0 Å². The van der Waals surface area contributed by atoms with Crippen molar-refractivity contribution in [1.29, 1.82) is 0 Å². The summed E-state index contributed by atoms with van der Waals surface area (Å²) in [5.41, 5.74) is 8.89. The molecule has 1 aliphatic rings. The SMILES string of the molecule is Cn1cc([C@@H](N)CC2CC2)c2ccccc21. The zero-order valence-electron chi connectivity index (χ0n) is 9.69. The summed E-state index contributed by atoms with van der Waals surface area (Å²) < 4.78 is 2.18. The van der Waals surface area contributed by atoms with Crippen LogP contribution in [0.3, 0.4) is 0 Å². The lowest BCUT2D eigenvalue weighted by molar-refractivity contribution is 0.599. The summed E-state index contributed by atoms with van der Waals surface area (Å²) in [5.74, 6) is 0.883. The van der Waals surface area contributed by atoms with E-state index in [-0.39, 0.29) is 6.04 Å². The Balaban J connectivity index is 2.01. The number of benzene rings is 1. The van der Waals surface area contributed by atoms with E-state index in [2.05, 4.69) is 42.1 Å². The summed E-state index contributed by atoms with van der Waals surface area (Å²) in [7, 11) is 2.09. The van der Waals surface area contributed by atoms with Crippen molar-refractivity contribution in [2.75, 3.05) is 0 Å². The number of nitrogens with zero attached hydrogens (tertiary/aromatic N) is 1. The van der Waals surface area contributed by atoms with Gasteiger partial charge < -0.3 is 10.3 Å². The van der Waals surface area contributed by atoms with Crippen LogP contribution in [0.15, 0.2) is 30.5 Å². The van der Waals surface area contributed by atoms with Crippen LogP contribution < -0.4 is 5.73 Å². The molecule has 0 saturated heterocycles. The van der Waals surface area contributed by atoms with Gasteiger partial charge in [0.2, 0.25) is 0 Å². The van der Waals surface area contributed by atoms with Gasteiger partial charge >= 0.3 is 0 Å². The molecular weight excluding hydrogens is 196 g/mol. The minimum Gasteiger partial charge on any atom is -0.350 e. The third-order valence-corrected chi connectivity index (χ3v) is 3.61. The summed E-state index contributed by atoms with van der Waals surface area (Å²) in [6.07, 6.45) is 6.09. The predicted molar refractivity (Wildman–Crippen MR) is 67.2 cm³/mol. The predicted octanol–water partition coefficient (Wildman–Crippen LogP) is 2.98. The van der Waals surface area contributed by atoms with Crippen molar-refractivity contribution >= 4 is 10.9 Å². The lowest BCUT2D eigenvalue weighted by Gasteiger charge is -2.09. The fourth-order valence-corrected chi connectivity index (χ4v) is 2.51. The second kappa shape index (κ2) is 3.63. The van der Waals surface area contributed by atoms with E-state index in [1.54, 1.807) is 0 Å². The molecule has 1 aromatic carbocycles. The van der Waals surface area contributed by atoms with Crippen molar-refractivity contribution < 1.29 is 0 Å². The van der Waals surface area contributed by atoms with Gasteiger partial charge in [-0.15, -0.1) is 0 Å². The van der Waals surface area contributed by atoms with Crippen LogP contribution in [0, 0.1) is 5.92 Å². The number of para-hydroxylation sites is 1. The second-order valence-corrected chi connectivity index (χ2v) is 5.00. The number of hydrogen-bond acceptors (Lipinski definition) is 1. The lowest BCUT2D eigenvalue weighted by atomic mass is 10.0. The number of aromatic nitrogens is 1. The first-order valence-electron chi connectivity index (χ1n) is 6.05. The third-order valence-electron chi connectivity index (χ3n) is 3.61. The van der Waals surface area contributed by atoms with E-state index in [4.69, 9.17) is 5.73 Å². The second-order valence-electron chi connectivity index (χ2n) is 5.00. The molecule has 16 heavy (non-hydrogen) atoms.